The van der Waals surface area contributed by atoms with Crippen LogP contribution in [0.4, 0.5) is 5.69 Å². The smallest absolute Gasteiger partial charge is 0.188 e. The third-order valence-corrected chi connectivity index (χ3v) is 2.73. The fourth-order valence-corrected chi connectivity index (χ4v) is 1.86. The van der Waals surface area contributed by atoms with E-state index in [1.54, 1.807) is 0 Å². The van der Waals surface area contributed by atoms with Gasteiger partial charge in [-0.1, -0.05) is 11.8 Å². The Hall–Kier alpha value is -1.49. The van der Waals surface area contributed by atoms with Crippen molar-refractivity contribution >= 4 is 17.4 Å². The Morgan fingerprint density at radius 2 is 2.29 bits per heavy atom. The number of nitrogens with one attached hydrogen (secondary N) is 1. The molecular formula is C9H10N4S. The molecule has 1 aromatic heterocycles. The number of hydrogen-bond acceptors (Lipinski definition) is 4. The number of H-pyrrole nitrogens is 1. The number of aromatic nitrogens is 3. The summed E-state index contributed by atoms with van der Waals surface area (Å²) >= 11 is 1.53. The molecule has 0 saturated carbocycles. The quantitative estimate of drug-likeness (QED) is 0.736. The van der Waals surface area contributed by atoms with Crippen molar-refractivity contribution in [3.8, 4) is 0 Å². The van der Waals surface area contributed by atoms with Crippen LogP contribution in [-0.4, -0.2) is 15.2 Å². The van der Waals surface area contributed by atoms with Crippen molar-refractivity contribution in [1.29, 1.82) is 0 Å². The Morgan fingerprint density at radius 3 is 2.93 bits per heavy atom. The number of aromatic amines is 1. The highest BCUT2D eigenvalue weighted by atomic mass is 32.2. The average molecular weight is 206 g/mol. The third kappa shape index (κ3) is 1.88. The summed E-state index contributed by atoms with van der Waals surface area (Å²) in [4.78, 5) is 5.13. The molecule has 0 bridgehead atoms. The lowest BCUT2D eigenvalue weighted by Gasteiger charge is -2.02. The van der Waals surface area contributed by atoms with E-state index < -0.39 is 0 Å². The molecule has 0 aliphatic rings. The fourth-order valence-electron chi connectivity index (χ4n) is 1.07. The van der Waals surface area contributed by atoms with E-state index in [0.717, 1.165) is 21.3 Å². The summed E-state index contributed by atoms with van der Waals surface area (Å²) in [5.74, 6) is 0. The molecule has 0 saturated heterocycles. The molecule has 3 N–H and O–H groups in total. The number of hydrogen-bond donors (Lipinski definition) is 2. The van der Waals surface area contributed by atoms with Crippen molar-refractivity contribution < 1.29 is 0 Å². The summed E-state index contributed by atoms with van der Waals surface area (Å²) in [6.07, 6.45) is 1.49. The zero-order valence-electron chi connectivity index (χ0n) is 7.69. The minimum Gasteiger partial charge on any atom is -0.399 e. The van der Waals surface area contributed by atoms with Gasteiger partial charge in [-0.15, -0.1) is 0 Å². The monoisotopic (exact) mass is 206 g/mol. The highest BCUT2D eigenvalue weighted by molar-refractivity contribution is 7.99. The molecule has 1 aromatic carbocycles. The van der Waals surface area contributed by atoms with Crippen LogP contribution in [-0.2, 0) is 0 Å². The highest BCUT2D eigenvalue weighted by Gasteiger charge is 2.01. The zero-order chi connectivity index (χ0) is 9.97. The Bertz CT molecular complexity index is 424. The van der Waals surface area contributed by atoms with Crippen LogP contribution in [0, 0.1) is 6.92 Å². The number of nitrogen functional groups attached to an aromatic ring is 1. The van der Waals surface area contributed by atoms with Crippen LogP contribution in [0.25, 0.3) is 0 Å². The molecule has 5 heteroatoms. The van der Waals surface area contributed by atoms with Gasteiger partial charge in [0, 0.05) is 10.6 Å². The van der Waals surface area contributed by atoms with Crippen LogP contribution in [0.15, 0.2) is 34.6 Å². The number of aryl methyl sites for hydroxylation is 1. The summed E-state index contributed by atoms with van der Waals surface area (Å²) in [6, 6.07) is 5.89. The Labute approximate surface area is 85.9 Å². The fraction of sp³-hybridized carbons (Fsp3) is 0.111. The van der Waals surface area contributed by atoms with E-state index in [9.17, 15) is 0 Å². The van der Waals surface area contributed by atoms with Gasteiger partial charge in [-0.05, 0) is 30.7 Å². The van der Waals surface area contributed by atoms with Crippen molar-refractivity contribution in [1.82, 2.24) is 15.2 Å². The molecule has 0 fully saturated rings. The molecule has 0 atom stereocenters. The second kappa shape index (κ2) is 3.71. The van der Waals surface area contributed by atoms with Crippen molar-refractivity contribution in [2.45, 2.75) is 17.0 Å². The molecule has 72 valence electrons. The van der Waals surface area contributed by atoms with E-state index in [1.807, 2.05) is 25.1 Å². The topological polar surface area (TPSA) is 67.6 Å². The van der Waals surface area contributed by atoms with E-state index in [1.165, 1.54) is 18.1 Å². The number of anilines is 1. The van der Waals surface area contributed by atoms with Crippen LogP contribution in [0.2, 0.25) is 0 Å². The van der Waals surface area contributed by atoms with Crippen LogP contribution in [0.3, 0.4) is 0 Å². The van der Waals surface area contributed by atoms with Crippen molar-refractivity contribution in [2.75, 3.05) is 5.73 Å². The number of nitrogens with zero attached hydrogens (tertiary/aromatic N) is 2. The lowest BCUT2D eigenvalue weighted by Crippen LogP contribution is -1.88. The number of nitrogens with two attached hydrogens (primary N) is 1. The van der Waals surface area contributed by atoms with Gasteiger partial charge >= 0.3 is 0 Å². The molecule has 1 heterocycles. The molecule has 2 aromatic rings. The predicted octanol–water partition coefficient (Wildman–Crippen LogP) is 1.85. The van der Waals surface area contributed by atoms with E-state index in [4.69, 9.17) is 5.73 Å². The number of rotatable bonds is 2. The van der Waals surface area contributed by atoms with Gasteiger partial charge in [-0.3, -0.25) is 5.10 Å². The molecule has 14 heavy (non-hydrogen) atoms. The molecule has 0 aliphatic carbocycles. The zero-order valence-corrected chi connectivity index (χ0v) is 8.51. The molecule has 0 spiro atoms. The van der Waals surface area contributed by atoms with Gasteiger partial charge in [0.15, 0.2) is 5.16 Å². The molecule has 2 rings (SSSR count). The van der Waals surface area contributed by atoms with Crippen LogP contribution < -0.4 is 5.73 Å². The van der Waals surface area contributed by atoms with Gasteiger partial charge in [-0.25, -0.2) is 4.98 Å². The second-order valence-corrected chi connectivity index (χ2v) is 3.97. The first-order valence-electron chi connectivity index (χ1n) is 4.15. The van der Waals surface area contributed by atoms with Gasteiger partial charge < -0.3 is 5.73 Å². The predicted molar refractivity (Wildman–Crippen MR) is 56.1 cm³/mol. The maximum absolute atomic E-state index is 5.72. The normalized spacial score (nSPS) is 10.4. The summed E-state index contributed by atoms with van der Waals surface area (Å²) in [5, 5.41) is 7.35. The summed E-state index contributed by atoms with van der Waals surface area (Å²) in [6.45, 7) is 1.99. The molecular weight excluding hydrogens is 196 g/mol. The van der Waals surface area contributed by atoms with Gasteiger partial charge in [0.25, 0.3) is 0 Å². The molecule has 4 nitrogen and oxygen atoms in total. The minimum atomic E-state index is 0.786. The average Bonchev–Trinajstić information content (AvgIpc) is 2.64. The molecule has 0 radical (unpaired) electrons. The Morgan fingerprint density at radius 1 is 1.43 bits per heavy atom. The molecule has 0 aliphatic heterocycles. The van der Waals surface area contributed by atoms with Gasteiger partial charge in [0.2, 0.25) is 0 Å². The van der Waals surface area contributed by atoms with E-state index in [2.05, 4.69) is 15.2 Å². The highest BCUT2D eigenvalue weighted by Crippen LogP contribution is 2.26. The summed E-state index contributed by atoms with van der Waals surface area (Å²) in [5.41, 5.74) is 7.61. The van der Waals surface area contributed by atoms with Gasteiger partial charge in [-0.2, -0.15) is 5.10 Å². The SMILES string of the molecule is Cc1cc(Sc2ncn[nH]2)ccc1N. The maximum Gasteiger partial charge on any atom is 0.188 e. The first-order chi connectivity index (χ1) is 6.75. The maximum atomic E-state index is 5.72. The second-order valence-electron chi connectivity index (χ2n) is 2.91. The van der Waals surface area contributed by atoms with E-state index >= 15 is 0 Å². The Kier molecular flexibility index (Phi) is 2.41. The van der Waals surface area contributed by atoms with Crippen molar-refractivity contribution in [3.05, 3.63) is 30.1 Å². The molecule has 0 amide bonds. The molecule has 0 unspecified atom stereocenters. The summed E-state index contributed by atoms with van der Waals surface area (Å²) in [7, 11) is 0. The minimum absolute atomic E-state index is 0.786. The number of benzene rings is 1. The first-order valence-corrected chi connectivity index (χ1v) is 4.97. The third-order valence-electron chi connectivity index (χ3n) is 1.85. The van der Waals surface area contributed by atoms with Crippen molar-refractivity contribution in [2.24, 2.45) is 0 Å². The van der Waals surface area contributed by atoms with E-state index in [-0.39, 0.29) is 0 Å². The first kappa shape index (κ1) is 9.08. The lowest BCUT2D eigenvalue weighted by molar-refractivity contribution is 0.973. The Balaban J connectivity index is 2.22. The standard InChI is InChI=1S/C9H10N4S/c1-6-4-7(2-3-8(6)10)14-9-11-5-12-13-9/h2-5H,10H2,1H3,(H,11,12,13). The summed E-state index contributed by atoms with van der Waals surface area (Å²) < 4.78 is 0. The van der Waals surface area contributed by atoms with Crippen LogP contribution in [0.1, 0.15) is 5.56 Å². The van der Waals surface area contributed by atoms with Crippen molar-refractivity contribution in [3.63, 3.8) is 0 Å². The van der Waals surface area contributed by atoms with Gasteiger partial charge in [0.05, 0.1) is 0 Å². The lowest BCUT2D eigenvalue weighted by atomic mass is 10.2. The van der Waals surface area contributed by atoms with E-state index in [0.29, 0.717) is 0 Å². The van der Waals surface area contributed by atoms with Gasteiger partial charge in [0.1, 0.15) is 6.33 Å². The van der Waals surface area contributed by atoms with Crippen LogP contribution in [0.5, 0.6) is 0 Å². The van der Waals surface area contributed by atoms with Crippen LogP contribution >= 0.6 is 11.8 Å². The largest absolute Gasteiger partial charge is 0.399 e.